The van der Waals surface area contributed by atoms with Gasteiger partial charge < -0.3 is 5.32 Å². The van der Waals surface area contributed by atoms with Crippen molar-refractivity contribution >= 4 is 5.82 Å². The van der Waals surface area contributed by atoms with Gasteiger partial charge in [0.2, 0.25) is 0 Å². The summed E-state index contributed by atoms with van der Waals surface area (Å²) in [7, 11) is 1.76. The first-order valence-corrected chi connectivity index (χ1v) is 4.02. The molecule has 1 rings (SSSR count). The number of anilines is 1. The van der Waals surface area contributed by atoms with Crippen LogP contribution >= 0.6 is 0 Å². The molecule has 0 aliphatic heterocycles. The molecule has 68 valence electrons. The molecule has 1 N–H and O–H groups in total. The number of nitriles is 1. The van der Waals surface area contributed by atoms with Crippen molar-refractivity contribution in [3.63, 3.8) is 0 Å². The van der Waals surface area contributed by atoms with E-state index in [0.717, 1.165) is 0 Å². The van der Waals surface area contributed by atoms with E-state index in [1.807, 2.05) is 13.8 Å². The Morgan fingerprint density at radius 1 is 1.38 bits per heavy atom. The Morgan fingerprint density at radius 3 is 2.54 bits per heavy atom. The van der Waals surface area contributed by atoms with Crippen LogP contribution < -0.4 is 5.32 Å². The fraction of sp³-hybridized carbons (Fsp3) is 0.444. The molecule has 4 heteroatoms. The molecule has 1 aromatic rings. The van der Waals surface area contributed by atoms with E-state index in [9.17, 15) is 0 Å². The van der Waals surface area contributed by atoms with Crippen LogP contribution in [0.3, 0.4) is 0 Å². The lowest BCUT2D eigenvalue weighted by Gasteiger charge is -2.16. The second-order valence-corrected chi connectivity index (χ2v) is 3.24. The lowest BCUT2D eigenvalue weighted by molar-refractivity contribution is 0.657. The minimum Gasteiger partial charge on any atom is -0.372 e. The third-order valence-electron chi connectivity index (χ3n) is 1.81. The summed E-state index contributed by atoms with van der Waals surface area (Å²) in [6.45, 7) is 3.63. The number of hydrogen-bond acceptors (Lipinski definition) is 4. The Bertz CT molecular complexity index is 338. The maximum Gasteiger partial charge on any atom is 0.149 e. The zero-order valence-electron chi connectivity index (χ0n) is 8.00. The topological polar surface area (TPSA) is 61.6 Å². The van der Waals surface area contributed by atoms with Gasteiger partial charge in [-0.3, -0.25) is 4.98 Å². The second kappa shape index (κ2) is 3.40. The van der Waals surface area contributed by atoms with Crippen LogP contribution in [0.1, 0.15) is 19.5 Å². The molecule has 0 atom stereocenters. The molecule has 4 nitrogen and oxygen atoms in total. The van der Waals surface area contributed by atoms with Gasteiger partial charge in [-0.2, -0.15) is 5.26 Å². The molecule has 0 bridgehead atoms. The smallest absolute Gasteiger partial charge is 0.149 e. The van der Waals surface area contributed by atoms with Gasteiger partial charge in [0.05, 0.1) is 11.5 Å². The summed E-state index contributed by atoms with van der Waals surface area (Å²) in [5.41, 5.74) is 0.0760. The van der Waals surface area contributed by atoms with Gasteiger partial charge in [-0.05, 0) is 13.8 Å². The van der Waals surface area contributed by atoms with E-state index in [1.165, 1.54) is 0 Å². The Hall–Kier alpha value is -1.63. The van der Waals surface area contributed by atoms with Crippen molar-refractivity contribution in [1.82, 2.24) is 9.97 Å². The molecule has 1 heterocycles. The van der Waals surface area contributed by atoms with Crippen molar-refractivity contribution in [1.29, 1.82) is 5.26 Å². The zero-order valence-corrected chi connectivity index (χ0v) is 8.00. The van der Waals surface area contributed by atoms with E-state index in [-0.39, 0.29) is 0 Å². The van der Waals surface area contributed by atoms with Gasteiger partial charge >= 0.3 is 0 Å². The Morgan fingerprint density at radius 2 is 2.00 bits per heavy atom. The van der Waals surface area contributed by atoms with Crippen LogP contribution in [0.2, 0.25) is 0 Å². The third kappa shape index (κ3) is 1.75. The first-order chi connectivity index (χ1) is 6.11. The number of rotatable bonds is 2. The molecule has 1 aromatic heterocycles. The van der Waals surface area contributed by atoms with Gasteiger partial charge in [0.25, 0.3) is 0 Å². The van der Waals surface area contributed by atoms with Crippen molar-refractivity contribution in [2.75, 3.05) is 12.4 Å². The van der Waals surface area contributed by atoms with Gasteiger partial charge in [0.1, 0.15) is 11.5 Å². The van der Waals surface area contributed by atoms with Crippen LogP contribution in [0.4, 0.5) is 5.82 Å². The zero-order chi connectivity index (χ0) is 9.90. The predicted octanol–water partition coefficient (Wildman–Crippen LogP) is 1.32. The molecule has 0 fully saturated rings. The fourth-order valence-electron chi connectivity index (χ4n) is 1.03. The summed E-state index contributed by atoms with van der Waals surface area (Å²) in [6, 6.07) is 2.19. The van der Waals surface area contributed by atoms with Crippen LogP contribution in [-0.4, -0.2) is 17.0 Å². The monoisotopic (exact) mass is 176 g/mol. The molecule has 0 spiro atoms. The quantitative estimate of drug-likeness (QED) is 0.738. The third-order valence-corrected chi connectivity index (χ3v) is 1.81. The normalized spacial score (nSPS) is 10.6. The minimum absolute atomic E-state index is 0.605. The van der Waals surface area contributed by atoms with Gasteiger partial charge in [0, 0.05) is 19.4 Å². The SMILES string of the molecule is CNc1nccnc1C(C)(C)C#N. The number of nitrogens with zero attached hydrogens (tertiary/aromatic N) is 3. The lowest BCUT2D eigenvalue weighted by atomic mass is 9.91. The summed E-state index contributed by atoms with van der Waals surface area (Å²) in [4.78, 5) is 8.23. The summed E-state index contributed by atoms with van der Waals surface area (Å²) in [6.07, 6.45) is 3.19. The van der Waals surface area contributed by atoms with E-state index in [4.69, 9.17) is 5.26 Å². The predicted molar refractivity (Wildman–Crippen MR) is 50.2 cm³/mol. The summed E-state index contributed by atoms with van der Waals surface area (Å²) < 4.78 is 0. The van der Waals surface area contributed by atoms with E-state index in [0.29, 0.717) is 11.5 Å². The molecule has 0 aromatic carbocycles. The van der Waals surface area contributed by atoms with Gasteiger partial charge in [0.15, 0.2) is 0 Å². The van der Waals surface area contributed by atoms with Crippen molar-refractivity contribution in [3.8, 4) is 6.07 Å². The van der Waals surface area contributed by atoms with Gasteiger partial charge in [-0.25, -0.2) is 4.98 Å². The largest absolute Gasteiger partial charge is 0.372 e. The number of nitrogens with one attached hydrogen (secondary N) is 1. The molecule has 0 radical (unpaired) electrons. The van der Waals surface area contributed by atoms with Crippen LogP contribution in [0.15, 0.2) is 12.4 Å². The van der Waals surface area contributed by atoms with Crippen LogP contribution in [0, 0.1) is 11.3 Å². The first-order valence-electron chi connectivity index (χ1n) is 4.02. The van der Waals surface area contributed by atoms with Crippen molar-refractivity contribution < 1.29 is 0 Å². The average molecular weight is 176 g/mol. The molecule has 13 heavy (non-hydrogen) atoms. The summed E-state index contributed by atoms with van der Waals surface area (Å²) in [5, 5.41) is 11.8. The highest BCUT2D eigenvalue weighted by atomic mass is 15.0. The Kier molecular flexibility index (Phi) is 2.47. The van der Waals surface area contributed by atoms with E-state index in [2.05, 4.69) is 21.4 Å². The maximum atomic E-state index is 8.92. The van der Waals surface area contributed by atoms with Crippen LogP contribution in [-0.2, 0) is 5.41 Å². The molecular formula is C9H12N4. The van der Waals surface area contributed by atoms with E-state index >= 15 is 0 Å². The van der Waals surface area contributed by atoms with Crippen LogP contribution in [0.25, 0.3) is 0 Å². The number of aromatic nitrogens is 2. The van der Waals surface area contributed by atoms with Crippen molar-refractivity contribution in [2.24, 2.45) is 0 Å². The molecular weight excluding hydrogens is 164 g/mol. The highest BCUT2D eigenvalue weighted by molar-refractivity contribution is 5.45. The summed E-state index contributed by atoms with van der Waals surface area (Å²) >= 11 is 0. The highest BCUT2D eigenvalue weighted by Gasteiger charge is 2.25. The molecule has 0 saturated carbocycles. The van der Waals surface area contributed by atoms with Gasteiger partial charge in [-0.1, -0.05) is 0 Å². The van der Waals surface area contributed by atoms with Crippen molar-refractivity contribution in [2.45, 2.75) is 19.3 Å². The van der Waals surface area contributed by atoms with Gasteiger partial charge in [-0.15, -0.1) is 0 Å². The second-order valence-electron chi connectivity index (χ2n) is 3.24. The fourth-order valence-corrected chi connectivity index (χ4v) is 1.03. The van der Waals surface area contributed by atoms with E-state index < -0.39 is 5.41 Å². The average Bonchev–Trinajstić information content (AvgIpc) is 2.18. The van der Waals surface area contributed by atoms with Crippen LogP contribution in [0.5, 0.6) is 0 Å². The molecule has 0 unspecified atom stereocenters. The first kappa shape index (κ1) is 9.46. The Balaban J connectivity index is 3.22. The molecule has 0 aliphatic rings. The summed E-state index contributed by atoms with van der Waals surface area (Å²) in [5.74, 6) is 0.661. The highest BCUT2D eigenvalue weighted by Crippen LogP contribution is 2.24. The molecule has 0 saturated heterocycles. The lowest BCUT2D eigenvalue weighted by Crippen LogP contribution is -2.18. The Labute approximate surface area is 77.6 Å². The number of hydrogen-bond donors (Lipinski definition) is 1. The minimum atomic E-state index is -0.605. The molecule has 0 amide bonds. The van der Waals surface area contributed by atoms with Crippen molar-refractivity contribution in [3.05, 3.63) is 18.1 Å². The maximum absolute atomic E-state index is 8.92. The standard InChI is InChI=1S/C9H12N4/c1-9(2,6-10)7-8(11-3)13-5-4-12-7/h4-5H,1-3H3,(H,11,13). The van der Waals surface area contributed by atoms with E-state index in [1.54, 1.807) is 19.4 Å². The molecule has 0 aliphatic carbocycles.